The second-order valence-electron chi connectivity index (χ2n) is 5.69. The van der Waals surface area contributed by atoms with Gasteiger partial charge in [0.25, 0.3) is 0 Å². The van der Waals surface area contributed by atoms with E-state index in [0.717, 1.165) is 43.4 Å². The van der Waals surface area contributed by atoms with Crippen LogP contribution in [0.5, 0.6) is 5.75 Å². The molecular formula is C16H20O3. The zero-order valence-electron chi connectivity index (χ0n) is 11.4. The van der Waals surface area contributed by atoms with Crippen molar-refractivity contribution in [2.75, 3.05) is 7.11 Å². The van der Waals surface area contributed by atoms with E-state index in [1.165, 1.54) is 0 Å². The number of ether oxygens (including phenoxy) is 2. The van der Waals surface area contributed by atoms with Gasteiger partial charge in [-0.15, -0.1) is 0 Å². The summed E-state index contributed by atoms with van der Waals surface area (Å²) in [6, 6.07) is 7.54. The summed E-state index contributed by atoms with van der Waals surface area (Å²) in [5, 5.41) is 0. The van der Waals surface area contributed by atoms with Gasteiger partial charge in [-0.3, -0.25) is 4.79 Å². The van der Waals surface area contributed by atoms with Crippen LogP contribution in [0.25, 0.3) is 0 Å². The topological polar surface area (TPSA) is 35.5 Å². The molecule has 0 saturated heterocycles. The molecule has 0 bridgehead atoms. The first-order chi connectivity index (χ1) is 9.21. The highest BCUT2D eigenvalue weighted by atomic mass is 16.5. The molecule has 0 aliphatic heterocycles. The molecule has 1 aromatic rings. The highest BCUT2D eigenvalue weighted by Crippen LogP contribution is 2.39. The van der Waals surface area contributed by atoms with Crippen molar-refractivity contribution < 1.29 is 14.3 Å². The van der Waals surface area contributed by atoms with E-state index < -0.39 is 0 Å². The number of ketones is 1. The van der Waals surface area contributed by atoms with Gasteiger partial charge >= 0.3 is 0 Å². The van der Waals surface area contributed by atoms with Crippen molar-refractivity contribution in [1.29, 1.82) is 0 Å². The summed E-state index contributed by atoms with van der Waals surface area (Å²) >= 11 is 0. The molecule has 19 heavy (non-hydrogen) atoms. The van der Waals surface area contributed by atoms with Gasteiger partial charge in [0.15, 0.2) is 5.78 Å². The summed E-state index contributed by atoms with van der Waals surface area (Å²) < 4.78 is 11.2. The van der Waals surface area contributed by atoms with E-state index in [9.17, 15) is 4.79 Å². The molecule has 3 nitrogen and oxygen atoms in total. The van der Waals surface area contributed by atoms with Gasteiger partial charge in [-0.25, -0.2) is 0 Å². The highest BCUT2D eigenvalue weighted by Gasteiger charge is 2.39. The second kappa shape index (κ2) is 4.97. The normalized spacial score (nSPS) is 20.7. The molecule has 2 saturated carbocycles. The summed E-state index contributed by atoms with van der Waals surface area (Å²) in [6.45, 7) is 0. The predicted molar refractivity (Wildman–Crippen MR) is 72.6 cm³/mol. The fraction of sp³-hybridized carbons (Fsp3) is 0.562. The third-order valence-electron chi connectivity index (χ3n) is 4.16. The molecule has 0 spiro atoms. The van der Waals surface area contributed by atoms with Crippen LogP contribution in [0.15, 0.2) is 24.3 Å². The van der Waals surface area contributed by atoms with Gasteiger partial charge in [0.1, 0.15) is 5.75 Å². The minimum Gasteiger partial charge on any atom is -0.490 e. The van der Waals surface area contributed by atoms with Crippen LogP contribution >= 0.6 is 0 Å². The third-order valence-corrected chi connectivity index (χ3v) is 4.16. The predicted octanol–water partition coefficient (Wildman–Crippen LogP) is 3.37. The third kappa shape index (κ3) is 2.81. The van der Waals surface area contributed by atoms with Gasteiger partial charge in [-0.05, 0) is 44.2 Å². The molecular weight excluding hydrogens is 240 g/mol. The van der Waals surface area contributed by atoms with Crippen LogP contribution in [0, 0.1) is 0 Å². The van der Waals surface area contributed by atoms with E-state index in [0.29, 0.717) is 12.5 Å². The number of hydrogen-bond donors (Lipinski definition) is 0. The Hall–Kier alpha value is -1.35. The van der Waals surface area contributed by atoms with Crippen molar-refractivity contribution in [3.8, 4) is 5.75 Å². The highest BCUT2D eigenvalue weighted by molar-refractivity contribution is 5.97. The molecule has 1 aromatic carbocycles. The minimum absolute atomic E-state index is 0.155. The summed E-state index contributed by atoms with van der Waals surface area (Å²) in [7, 11) is 1.71. The molecule has 0 heterocycles. The van der Waals surface area contributed by atoms with Gasteiger partial charge in [0, 0.05) is 19.1 Å². The average Bonchev–Trinajstić information content (AvgIpc) is 3.18. The average molecular weight is 260 g/mol. The number of rotatable bonds is 6. The van der Waals surface area contributed by atoms with E-state index in [4.69, 9.17) is 9.47 Å². The Balaban J connectivity index is 1.68. The van der Waals surface area contributed by atoms with Crippen molar-refractivity contribution in [2.45, 2.75) is 50.2 Å². The molecule has 0 unspecified atom stereocenters. The van der Waals surface area contributed by atoms with E-state index in [1.54, 1.807) is 7.11 Å². The van der Waals surface area contributed by atoms with E-state index in [2.05, 4.69) is 0 Å². The van der Waals surface area contributed by atoms with Crippen molar-refractivity contribution in [3.63, 3.8) is 0 Å². The van der Waals surface area contributed by atoms with Crippen molar-refractivity contribution in [1.82, 2.24) is 0 Å². The first-order valence-electron chi connectivity index (χ1n) is 7.06. The van der Waals surface area contributed by atoms with E-state index in [-0.39, 0.29) is 11.4 Å². The lowest BCUT2D eigenvalue weighted by molar-refractivity contribution is -0.0704. The Morgan fingerprint density at radius 3 is 2.74 bits per heavy atom. The summed E-state index contributed by atoms with van der Waals surface area (Å²) in [5.74, 6) is 0.969. The molecule has 3 rings (SSSR count). The van der Waals surface area contributed by atoms with Gasteiger partial charge < -0.3 is 9.47 Å². The molecule has 0 radical (unpaired) electrons. The molecule has 2 aliphatic carbocycles. The number of methoxy groups -OCH3 is 1. The van der Waals surface area contributed by atoms with E-state index >= 15 is 0 Å². The largest absolute Gasteiger partial charge is 0.490 e. The lowest BCUT2D eigenvalue weighted by Crippen LogP contribution is -2.41. The summed E-state index contributed by atoms with van der Waals surface area (Å²) in [5.41, 5.74) is 0.534. The summed E-state index contributed by atoms with van der Waals surface area (Å²) in [6.07, 6.45) is 6.25. The Bertz CT molecular complexity index is 467. The Kier molecular flexibility index (Phi) is 3.31. The lowest BCUT2D eigenvalue weighted by atomic mass is 9.76. The van der Waals surface area contributed by atoms with Gasteiger partial charge in [-0.1, -0.05) is 12.1 Å². The van der Waals surface area contributed by atoms with Gasteiger partial charge in [0.05, 0.1) is 11.7 Å². The molecule has 0 amide bonds. The van der Waals surface area contributed by atoms with Gasteiger partial charge in [0.2, 0.25) is 0 Å². The number of carbonyl (C=O) groups is 1. The molecule has 0 atom stereocenters. The first-order valence-corrected chi connectivity index (χ1v) is 7.06. The zero-order chi connectivity index (χ0) is 13.3. The lowest BCUT2D eigenvalue weighted by Gasteiger charge is -2.40. The first kappa shape index (κ1) is 12.7. The number of carbonyl (C=O) groups excluding carboxylic acids is 1. The quantitative estimate of drug-likeness (QED) is 0.736. The Morgan fingerprint density at radius 2 is 2.16 bits per heavy atom. The Labute approximate surface area is 113 Å². The van der Waals surface area contributed by atoms with Crippen LogP contribution in [0.1, 0.15) is 48.9 Å². The summed E-state index contributed by atoms with van der Waals surface area (Å²) in [4.78, 5) is 12.3. The van der Waals surface area contributed by atoms with Crippen molar-refractivity contribution >= 4 is 5.78 Å². The minimum atomic E-state index is -0.204. The van der Waals surface area contributed by atoms with Crippen LogP contribution in [0.3, 0.4) is 0 Å². The second-order valence-corrected chi connectivity index (χ2v) is 5.69. The SMILES string of the molecule is COC1(CC(=O)c2cccc(OC3CC3)c2)CCC1. The maximum absolute atomic E-state index is 12.3. The monoisotopic (exact) mass is 260 g/mol. The van der Waals surface area contributed by atoms with E-state index in [1.807, 2.05) is 24.3 Å². The maximum Gasteiger partial charge on any atom is 0.165 e. The van der Waals surface area contributed by atoms with Crippen LogP contribution < -0.4 is 4.74 Å². The van der Waals surface area contributed by atoms with Crippen LogP contribution in [-0.4, -0.2) is 24.6 Å². The number of benzene rings is 1. The maximum atomic E-state index is 12.3. The van der Waals surface area contributed by atoms with Gasteiger partial charge in [-0.2, -0.15) is 0 Å². The van der Waals surface area contributed by atoms with Crippen molar-refractivity contribution in [3.05, 3.63) is 29.8 Å². The van der Waals surface area contributed by atoms with Crippen LogP contribution in [0.2, 0.25) is 0 Å². The molecule has 2 aliphatic rings. The fourth-order valence-electron chi connectivity index (χ4n) is 2.54. The fourth-order valence-corrected chi connectivity index (χ4v) is 2.54. The van der Waals surface area contributed by atoms with Crippen molar-refractivity contribution in [2.24, 2.45) is 0 Å². The number of hydrogen-bond acceptors (Lipinski definition) is 3. The molecule has 0 aromatic heterocycles. The molecule has 0 N–H and O–H groups in total. The molecule has 102 valence electrons. The standard InChI is InChI=1S/C16H20O3/c1-18-16(8-3-9-16)11-15(17)12-4-2-5-14(10-12)19-13-6-7-13/h2,4-5,10,13H,3,6-9,11H2,1H3. The van der Waals surface area contributed by atoms with Crippen LogP contribution in [-0.2, 0) is 4.74 Å². The van der Waals surface area contributed by atoms with Crippen LogP contribution in [0.4, 0.5) is 0 Å². The molecule has 3 heteroatoms. The zero-order valence-corrected chi connectivity index (χ0v) is 11.4. The molecule has 2 fully saturated rings. The number of Topliss-reactive ketones (excluding diaryl/α,β-unsaturated/α-hetero) is 1. The smallest absolute Gasteiger partial charge is 0.165 e. The Morgan fingerprint density at radius 1 is 1.37 bits per heavy atom.